The van der Waals surface area contributed by atoms with Crippen LogP contribution in [-0.4, -0.2) is 31.4 Å². The standard InChI is InChI=1S/C13H22N2O3S/c1-13(2,3)14-9-11-7-8-12(18-11)19(16,17)15(4)10-5-6-10/h7-8,10,14H,5-6,9H2,1-4H3. The van der Waals surface area contributed by atoms with Crippen LogP contribution in [0.25, 0.3) is 0 Å². The van der Waals surface area contributed by atoms with Gasteiger partial charge in [0, 0.05) is 18.6 Å². The summed E-state index contributed by atoms with van der Waals surface area (Å²) in [5, 5.41) is 3.30. The average Bonchev–Trinajstić information content (AvgIpc) is 3.02. The third-order valence-corrected chi connectivity index (χ3v) is 4.91. The van der Waals surface area contributed by atoms with E-state index in [1.165, 1.54) is 10.4 Å². The summed E-state index contributed by atoms with van der Waals surface area (Å²) in [4.78, 5) is 0. The Morgan fingerprint density at radius 1 is 1.37 bits per heavy atom. The number of hydrogen-bond donors (Lipinski definition) is 1. The van der Waals surface area contributed by atoms with E-state index in [0.29, 0.717) is 12.3 Å². The Bertz CT molecular complexity index is 538. The highest BCUT2D eigenvalue weighted by molar-refractivity contribution is 7.89. The zero-order valence-electron chi connectivity index (χ0n) is 11.9. The molecule has 0 spiro atoms. The molecule has 1 aliphatic carbocycles. The highest BCUT2D eigenvalue weighted by atomic mass is 32.2. The zero-order valence-corrected chi connectivity index (χ0v) is 12.8. The lowest BCUT2D eigenvalue weighted by Crippen LogP contribution is -2.34. The number of furan rings is 1. The molecule has 6 heteroatoms. The van der Waals surface area contributed by atoms with Gasteiger partial charge >= 0.3 is 0 Å². The van der Waals surface area contributed by atoms with E-state index in [2.05, 4.69) is 26.1 Å². The predicted octanol–water partition coefficient (Wildman–Crippen LogP) is 1.95. The van der Waals surface area contributed by atoms with Crippen LogP contribution >= 0.6 is 0 Å². The van der Waals surface area contributed by atoms with Crippen molar-refractivity contribution in [1.82, 2.24) is 9.62 Å². The molecule has 0 radical (unpaired) electrons. The van der Waals surface area contributed by atoms with Crippen LogP contribution < -0.4 is 5.32 Å². The first-order chi connectivity index (χ1) is 8.70. The Hall–Kier alpha value is -0.850. The van der Waals surface area contributed by atoms with E-state index >= 15 is 0 Å². The molecule has 1 heterocycles. The van der Waals surface area contributed by atoms with Gasteiger partial charge in [-0.25, -0.2) is 8.42 Å². The first kappa shape index (κ1) is 14.6. The van der Waals surface area contributed by atoms with Crippen LogP contribution in [0.1, 0.15) is 39.4 Å². The fourth-order valence-electron chi connectivity index (χ4n) is 1.72. The van der Waals surface area contributed by atoms with Gasteiger partial charge in [-0.2, -0.15) is 4.31 Å². The first-order valence-corrected chi connectivity index (χ1v) is 7.96. The van der Waals surface area contributed by atoms with Gasteiger partial charge in [-0.05, 0) is 45.7 Å². The van der Waals surface area contributed by atoms with Crippen molar-refractivity contribution in [1.29, 1.82) is 0 Å². The molecule has 0 aromatic carbocycles. The summed E-state index contributed by atoms with van der Waals surface area (Å²) >= 11 is 0. The second-order valence-corrected chi connectivity index (χ2v) is 8.01. The van der Waals surface area contributed by atoms with E-state index in [-0.39, 0.29) is 16.7 Å². The molecule has 0 unspecified atom stereocenters. The van der Waals surface area contributed by atoms with Crippen molar-refractivity contribution in [3.63, 3.8) is 0 Å². The van der Waals surface area contributed by atoms with Crippen LogP contribution in [0.2, 0.25) is 0 Å². The summed E-state index contributed by atoms with van der Waals surface area (Å²) in [6.07, 6.45) is 1.88. The summed E-state index contributed by atoms with van der Waals surface area (Å²) in [5.74, 6) is 0.637. The molecule has 5 nitrogen and oxygen atoms in total. The summed E-state index contributed by atoms with van der Waals surface area (Å²) in [5.41, 5.74) is -0.0311. The van der Waals surface area contributed by atoms with E-state index in [9.17, 15) is 8.42 Å². The van der Waals surface area contributed by atoms with Crippen LogP contribution in [0.5, 0.6) is 0 Å². The SMILES string of the molecule is CN(C1CC1)S(=O)(=O)c1ccc(CNC(C)(C)C)o1. The van der Waals surface area contributed by atoms with Gasteiger partial charge in [0.15, 0.2) is 0 Å². The minimum absolute atomic E-state index is 0.0311. The lowest BCUT2D eigenvalue weighted by Gasteiger charge is -2.19. The maximum absolute atomic E-state index is 12.2. The molecule has 2 rings (SSSR count). The number of hydrogen-bond acceptors (Lipinski definition) is 4. The van der Waals surface area contributed by atoms with Crippen molar-refractivity contribution in [2.75, 3.05) is 7.05 Å². The highest BCUT2D eigenvalue weighted by Gasteiger charge is 2.36. The molecular formula is C13H22N2O3S. The molecule has 0 aliphatic heterocycles. The van der Waals surface area contributed by atoms with Crippen LogP contribution in [0, 0.1) is 0 Å². The average molecular weight is 286 g/mol. The quantitative estimate of drug-likeness (QED) is 0.898. The largest absolute Gasteiger partial charge is 0.447 e. The van der Waals surface area contributed by atoms with Crippen molar-refractivity contribution in [2.45, 2.75) is 56.8 Å². The van der Waals surface area contributed by atoms with Crippen molar-refractivity contribution < 1.29 is 12.8 Å². The highest BCUT2D eigenvalue weighted by Crippen LogP contribution is 2.30. The molecule has 0 amide bonds. The molecule has 1 aliphatic rings. The maximum atomic E-state index is 12.2. The molecule has 108 valence electrons. The van der Waals surface area contributed by atoms with Crippen molar-refractivity contribution in [2.24, 2.45) is 0 Å². The van der Waals surface area contributed by atoms with E-state index < -0.39 is 10.0 Å². The molecule has 0 atom stereocenters. The topological polar surface area (TPSA) is 62.6 Å². The molecule has 1 fully saturated rings. The Morgan fingerprint density at radius 2 is 2.00 bits per heavy atom. The number of nitrogens with zero attached hydrogens (tertiary/aromatic N) is 1. The van der Waals surface area contributed by atoms with Crippen molar-refractivity contribution in [3.8, 4) is 0 Å². The molecule has 1 N–H and O–H groups in total. The molecule has 1 saturated carbocycles. The van der Waals surface area contributed by atoms with Gasteiger partial charge in [-0.15, -0.1) is 0 Å². The van der Waals surface area contributed by atoms with E-state index in [4.69, 9.17) is 4.42 Å². The van der Waals surface area contributed by atoms with Gasteiger partial charge in [0.25, 0.3) is 10.0 Å². The molecule has 1 aromatic rings. The lowest BCUT2D eigenvalue weighted by molar-refractivity contribution is 0.351. The Labute approximate surface area is 115 Å². The normalized spacial score (nSPS) is 17.1. The van der Waals surface area contributed by atoms with Crippen LogP contribution in [-0.2, 0) is 16.6 Å². The lowest BCUT2D eigenvalue weighted by atomic mass is 10.1. The van der Waals surface area contributed by atoms with Gasteiger partial charge in [0.2, 0.25) is 5.09 Å². The van der Waals surface area contributed by atoms with Gasteiger partial charge in [0.05, 0.1) is 6.54 Å². The summed E-state index contributed by atoms with van der Waals surface area (Å²) in [6.45, 7) is 6.67. The van der Waals surface area contributed by atoms with Crippen LogP contribution in [0.4, 0.5) is 0 Å². The first-order valence-electron chi connectivity index (χ1n) is 6.52. The van der Waals surface area contributed by atoms with Gasteiger partial charge in [-0.1, -0.05) is 0 Å². The van der Waals surface area contributed by atoms with Crippen LogP contribution in [0.3, 0.4) is 0 Å². The smallest absolute Gasteiger partial charge is 0.276 e. The second-order valence-electron chi connectivity index (χ2n) is 6.08. The number of sulfonamides is 1. The minimum atomic E-state index is -3.47. The fraction of sp³-hybridized carbons (Fsp3) is 0.692. The summed E-state index contributed by atoms with van der Waals surface area (Å²) in [7, 11) is -1.86. The van der Waals surface area contributed by atoms with Gasteiger partial charge in [-0.3, -0.25) is 0 Å². The molecule has 1 aromatic heterocycles. The van der Waals surface area contributed by atoms with Crippen molar-refractivity contribution in [3.05, 3.63) is 17.9 Å². The second kappa shape index (κ2) is 4.92. The van der Waals surface area contributed by atoms with Crippen LogP contribution in [0.15, 0.2) is 21.6 Å². The van der Waals surface area contributed by atoms with Gasteiger partial charge in [0.1, 0.15) is 5.76 Å². The van der Waals surface area contributed by atoms with E-state index in [0.717, 1.165) is 12.8 Å². The predicted molar refractivity (Wildman–Crippen MR) is 73.3 cm³/mol. The maximum Gasteiger partial charge on any atom is 0.276 e. The Kier molecular flexibility index (Phi) is 3.77. The minimum Gasteiger partial charge on any atom is -0.447 e. The third kappa shape index (κ3) is 3.58. The van der Waals surface area contributed by atoms with E-state index in [1.807, 2.05) is 0 Å². The summed E-state index contributed by atoms with van der Waals surface area (Å²) in [6, 6.07) is 3.39. The van der Waals surface area contributed by atoms with Crippen molar-refractivity contribution >= 4 is 10.0 Å². The third-order valence-electron chi connectivity index (χ3n) is 3.12. The summed E-state index contributed by atoms with van der Waals surface area (Å²) < 4.78 is 31.3. The Morgan fingerprint density at radius 3 is 2.53 bits per heavy atom. The number of nitrogens with one attached hydrogen (secondary N) is 1. The number of rotatable bonds is 5. The molecule has 0 bridgehead atoms. The molecule has 0 saturated heterocycles. The molecular weight excluding hydrogens is 264 g/mol. The fourth-order valence-corrected chi connectivity index (χ4v) is 3.06. The van der Waals surface area contributed by atoms with Gasteiger partial charge < -0.3 is 9.73 Å². The zero-order chi connectivity index (χ0) is 14.3. The molecule has 19 heavy (non-hydrogen) atoms. The monoisotopic (exact) mass is 286 g/mol. The Balaban J connectivity index is 2.08. The van der Waals surface area contributed by atoms with E-state index in [1.54, 1.807) is 13.1 Å².